The quantitative estimate of drug-likeness (QED) is 0.857. The predicted octanol–water partition coefficient (Wildman–Crippen LogP) is 1.74. The van der Waals surface area contributed by atoms with Crippen molar-refractivity contribution in [2.24, 2.45) is 0 Å². The van der Waals surface area contributed by atoms with Crippen molar-refractivity contribution in [3.8, 4) is 11.3 Å². The summed E-state index contributed by atoms with van der Waals surface area (Å²) in [7, 11) is 0. The van der Waals surface area contributed by atoms with Gasteiger partial charge in [0.05, 0.1) is 18.0 Å². The molecule has 0 bridgehead atoms. The lowest BCUT2D eigenvalue weighted by Gasteiger charge is -2.10. The molecule has 19 heavy (non-hydrogen) atoms. The topological polar surface area (TPSA) is 62.8 Å². The molecule has 0 spiro atoms. The normalized spacial score (nSPS) is 18.8. The highest BCUT2D eigenvalue weighted by atomic mass is 16.5. The highest BCUT2D eigenvalue weighted by Crippen LogP contribution is 2.19. The monoisotopic (exact) mass is 258 g/mol. The maximum absolute atomic E-state index is 5.59. The van der Waals surface area contributed by atoms with E-state index in [4.69, 9.17) is 4.74 Å². The number of H-pyrrole nitrogens is 1. The fourth-order valence-corrected chi connectivity index (χ4v) is 2.38. The summed E-state index contributed by atoms with van der Waals surface area (Å²) in [6.45, 7) is 2.59. The third-order valence-corrected chi connectivity index (χ3v) is 3.38. The minimum absolute atomic E-state index is 0.369. The molecule has 3 heterocycles. The zero-order chi connectivity index (χ0) is 12.9. The number of nitrogens with one attached hydrogen (secondary N) is 2. The SMILES string of the molecule is c1cncc(-c2[nH]ncc2CNCC2CCCO2)c1. The van der Waals surface area contributed by atoms with Crippen molar-refractivity contribution in [3.05, 3.63) is 36.3 Å². The van der Waals surface area contributed by atoms with Crippen molar-refractivity contribution < 1.29 is 4.74 Å². The molecule has 2 aromatic rings. The molecule has 2 N–H and O–H groups in total. The average molecular weight is 258 g/mol. The molecule has 3 rings (SSSR count). The minimum Gasteiger partial charge on any atom is -0.377 e. The molecule has 1 atom stereocenters. The van der Waals surface area contributed by atoms with Crippen LogP contribution in [0.4, 0.5) is 0 Å². The van der Waals surface area contributed by atoms with E-state index in [-0.39, 0.29) is 0 Å². The first-order valence-electron chi connectivity index (χ1n) is 6.68. The Morgan fingerprint density at radius 2 is 2.42 bits per heavy atom. The van der Waals surface area contributed by atoms with E-state index in [1.165, 1.54) is 6.42 Å². The minimum atomic E-state index is 0.369. The Balaban J connectivity index is 1.61. The van der Waals surface area contributed by atoms with E-state index in [1.54, 1.807) is 6.20 Å². The second-order valence-corrected chi connectivity index (χ2v) is 4.78. The Bertz CT molecular complexity index is 505. The number of rotatable bonds is 5. The molecule has 1 saturated heterocycles. The summed E-state index contributed by atoms with van der Waals surface area (Å²) in [6, 6.07) is 3.96. The number of nitrogens with zero attached hydrogens (tertiary/aromatic N) is 2. The van der Waals surface area contributed by atoms with Gasteiger partial charge >= 0.3 is 0 Å². The van der Waals surface area contributed by atoms with Gasteiger partial charge in [-0.15, -0.1) is 0 Å². The second kappa shape index (κ2) is 5.95. The first kappa shape index (κ1) is 12.3. The maximum Gasteiger partial charge on any atom is 0.0710 e. The van der Waals surface area contributed by atoms with Crippen molar-refractivity contribution in [1.29, 1.82) is 0 Å². The van der Waals surface area contributed by atoms with Crippen LogP contribution in [0.15, 0.2) is 30.7 Å². The van der Waals surface area contributed by atoms with Crippen LogP contribution in [0.5, 0.6) is 0 Å². The first-order valence-corrected chi connectivity index (χ1v) is 6.68. The molecule has 1 fully saturated rings. The van der Waals surface area contributed by atoms with E-state index in [0.29, 0.717) is 6.10 Å². The molecule has 0 aliphatic carbocycles. The number of aromatic nitrogens is 3. The summed E-state index contributed by atoms with van der Waals surface area (Å²) in [5.74, 6) is 0. The van der Waals surface area contributed by atoms with Gasteiger partial charge in [0, 0.05) is 43.2 Å². The van der Waals surface area contributed by atoms with Crippen LogP contribution < -0.4 is 5.32 Å². The Morgan fingerprint density at radius 3 is 3.21 bits per heavy atom. The van der Waals surface area contributed by atoms with Crippen LogP contribution in [0.3, 0.4) is 0 Å². The standard InChI is InChI=1S/C14H18N4O/c1-3-11(7-15-5-1)14-12(9-17-18-14)8-16-10-13-4-2-6-19-13/h1,3,5,7,9,13,16H,2,4,6,8,10H2,(H,17,18). The number of ether oxygens (including phenoxy) is 1. The molecule has 0 saturated carbocycles. The maximum atomic E-state index is 5.59. The van der Waals surface area contributed by atoms with Crippen LogP contribution in [0, 0.1) is 0 Å². The van der Waals surface area contributed by atoms with Crippen LogP contribution in [0.1, 0.15) is 18.4 Å². The number of aromatic amines is 1. The molecule has 0 amide bonds. The number of hydrogen-bond acceptors (Lipinski definition) is 4. The zero-order valence-electron chi connectivity index (χ0n) is 10.8. The molecule has 1 aliphatic heterocycles. The molecule has 1 unspecified atom stereocenters. The van der Waals surface area contributed by atoms with Crippen molar-refractivity contribution in [3.63, 3.8) is 0 Å². The van der Waals surface area contributed by atoms with Crippen molar-refractivity contribution >= 4 is 0 Å². The van der Waals surface area contributed by atoms with E-state index in [0.717, 1.165) is 42.9 Å². The van der Waals surface area contributed by atoms with Gasteiger partial charge in [-0.25, -0.2) is 0 Å². The van der Waals surface area contributed by atoms with Gasteiger partial charge in [-0.05, 0) is 25.0 Å². The van der Waals surface area contributed by atoms with E-state index < -0.39 is 0 Å². The van der Waals surface area contributed by atoms with Crippen molar-refractivity contribution in [1.82, 2.24) is 20.5 Å². The van der Waals surface area contributed by atoms with E-state index >= 15 is 0 Å². The lowest BCUT2D eigenvalue weighted by atomic mass is 10.1. The van der Waals surface area contributed by atoms with Crippen LogP contribution in [0.2, 0.25) is 0 Å². The van der Waals surface area contributed by atoms with Gasteiger partial charge in [0.15, 0.2) is 0 Å². The molecule has 5 nitrogen and oxygen atoms in total. The fourth-order valence-electron chi connectivity index (χ4n) is 2.38. The van der Waals surface area contributed by atoms with Crippen LogP contribution >= 0.6 is 0 Å². The number of pyridine rings is 1. The van der Waals surface area contributed by atoms with Gasteiger partial charge in [-0.3, -0.25) is 10.1 Å². The molecule has 1 aliphatic rings. The van der Waals surface area contributed by atoms with Crippen molar-refractivity contribution in [2.45, 2.75) is 25.5 Å². The molecule has 100 valence electrons. The summed E-state index contributed by atoms with van der Waals surface area (Å²) in [6.07, 6.45) is 8.19. The summed E-state index contributed by atoms with van der Waals surface area (Å²) >= 11 is 0. The molecule has 0 aromatic carbocycles. The highest BCUT2D eigenvalue weighted by molar-refractivity contribution is 5.61. The van der Waals surface area contributed by atoms with Gasteiger partial charge < -0.3 is 10.1 Å². The smallest absolute Gasteiger partial charge is 0.0710 e. The molecule has 2 aromatic heterocycles. The van der Waals surface area contributed by atoms with Gasteiger partial charge in [0.2, 0.25) is 0 Å². The van der Waals surface area contributed by atoms with Gasteiger partial charge in [-0.1, -0.05) is 0 Å². The lowest BCUT2D eigenvalue weighted by Crippen LogP contribution is -2.25. The Labute approximate surface area is 112 Å². The average Bonchev–Trinajstić information content (AvgIpc) is 3.11. The van der Waals surface area contributed by atoms with Crippen LogP contribution in [-0.4, -0.2) is 34.4 Å². The summed E-state index contributed by atoms with van der Waals surface area (Å²) in [5, 5.41) is 10.6. The summed E-state index contributed by atoms with van der Waals surface area (Å²) in [4.78, 5) is 4.14. The Kier molecular flexibility index (Phi) is 3.86. The summed E-state index contributed by atoms with van der Waals surface area (Å²) < 4.78 is 5.59. The molecular weight excluding hydrogens is 240 g/mol. The van der Waals surface area contributed by atoms with Gasteiger partial charge in [0.1, 0.15) is 0 Å². The Hall–Kier alpha value is -1.72. The number of hydrogen-bond donors (Lipinski definition) is 2. The van der Waals surface area contributed by atoms with E-state index in [2.05, 4.69) is 20.5 Å². The van der Waals surface area contributed by atoms with Crippen LogP contribution in [0.25, 0.3) is 11.3 Å². The van der Waals surface area contributed by atoms with E-state index in [9.17, 15) is 0 Å². The molecular formula is C14H18N4O. The second-order valence-electron chi connectivity index (χ2n) is 4.78. The summed E-state index contributed by atoms with van der Waals surface area (Å²) in [5.41, 5.74) is 3.26. The van der Waals surface area contributed by atoms with Gasteiger partial charge in [0.25, 0.3) is 0 Å². The largest absolute Gasteiger partial charge is 0.377 e. The first-order chi connectivity index (χ1) is 9.43. The highest BCUT2D eigenvalue weighted by Gasteiger charge is 2.15. The third-order valence-electron chi connectivity index (χ3n) is 3.38. The molecule has 0 radical (unpaired) electrons. The fraction of sp³-hybridized carbons (Fsp3) is 0.429. The lowest BCUT2D eigenvalue weighted by molar-refractivity contribution is 0.110. The Morgan fingerprint density at radius 1 is 1.42 bits per heavy atom. The van der Waals surface area contributed by atoms with Crippen molar-refractivity contribution in [2.75, 3.05) is 13.2 Å². The van der Waals surface area contributed by atoms with Gasteiger partial charge in [-0.2, -0.15) is 5.10 Å². The predicted molar refractivity (Wildman–Crippen MR) is 72.5 cm³/mol. The third kappa shape index (κ3) is 3.00. The molecule has 5 heteroatoms. The van der Waals surface area contributed by atoms with Crippen LogP contribution in [-0.2, 0) is 11.3 Å². The zero-order valence-corrected chi connectivity index (χ0v) is 10.8. The van der Waals surface area contributed by atoms with E-state index in [1.807, 2.05) is 24.5 Å².